The number of hydrogen-bond donors (Lipinski definition) is 2. The highest BCUT2D eigenvalue weighted by Gasteiger charge is 2.22. The van der Waals surface area contributed by atoms with Gasteiger partial charge in [-0.3, -0.25) is 9.59 Å². The molecule has 0 saturated heterocycles. The molecule has 6 nitrogen and oxygen atoms in total. The number of methoxy groups -OCH3 is 1. The molecule has 0 spiro atoms. The molecule has 0 aliphatic carbocycles. The fraction of sp³-hybridized carbons (Fsp3) is 0.429. The van der Waals surface area contributed by atoms with E-state index in [1.807, 2.05) is 0 Å². The number of carbonyl (C=O) groups is 2. The number of nitrogens with one attached hydrogen (secondary N) is 1. The Kier molecular flexibility index (Phi) is 7.61. The van der Waals surface area contributed by atoms with E-state index in [2.05, 4.69) is 5.32 Å². The lowest BCUT2D eigenvalue weighted by Crippen LogP contribution is -2.48. The molecule has 2 amide bonds. The molecule has 0 aliphatic rings. The van der Waals surface area contributed by atoms with Crippen LogP contribution >= 0.6 is 23.2 Å². The van der Waals surface area contributed by atoms with Crippen LogP contribution in [-0.4, -0.2) is 49.6 Å². The Bertz CT molecular complexity index is 520. The van der Waals surface area contributed by atoms with Crippen molar-refractivity contribution in [1.29, 1.82) is 0 Å². The van der Waals surface area contributed by atoms with Crippen LogP contribution in [-0.2, 0) is 14.3 Å². The van der Waals surface area contributed by atoms with Gasteiger partial charge < -0.3 is 20.7 Å². The monoisotopic (exact) mass is 347 g/mol. The summed E-state index contributed by atoms with van der Waals surface area (Å²) in [7, 11) is 1.45. The minimum Gasteiger partial charge on any atom is -0.383 e. The zero-order valence-electron chi connectivity index (χ0n) is 12.4. The van der Waals surface area contributed by atoms with Crippen molar-refractivity contribution in [3.05, 3.63) is 28.2 Å². The number of anilines is 1. The molecule has 0 bridgehead atoms. The van der Waals surface area contributed by atoms with Crippen LogP contribution in [0.4, 0.5) is 5.69 Å². The predicted octanol–water partition coefficient (Wildman–Crippen LogP) is 1.75. The number of hydrogen-bond acceptors (Lipinski definition) is 4. The van der Waals surface area contributed by atoms with Gasteiger partial charge in [-0.05, 0) is 19.1 Å². The number of benzene rings is 1. The van der Waals surface area contributed by atoms with Gasteiger partial charge >= 0.3 is 0 Å². The van der Waals surface area contributed by atoms with Gasteiger partial charge in [-0.25, -0.2) is 0 Å². The van der Waals surface area contributed by atoms with E-state index in [0.29, 0.717) is 22.3 Å². The molecule has 1 aromatic carbocycles. The van der Waals surface area contributed by atoms with Crippen LogP contribution in [0.5, 0.6) is 0 Å². The summed E-state index contributed by atoms with van der Waals surface area (Å²) in [5, 5.41) is 3.25. The molecule has 3 N–H and O–H groups in total. The molecule has 0 heterocycles. The lowest BCUT2D eigenvalue weighted by Gasteiger charge is -2.23. The Labute approximate surface area is 139 Å². The molecule has 1 atom stereocenters. The first-order chi connectivity index (χ1) is 10.4. The number of rotatable bonds is 7. The van der Waals surface area contributed by atoms with Crippen molar-refractivity contribution in [3.63, 3.8) is 0 Å². The Morgan fingerprint density at radius 3 is 2.45 bits per heavy atom. The lowest BCUT2D eigenvalue weighted by atomic mass is 10.2. The summed E-state index contributed by atoms with van der Waals surface area (Å²) >= 11 is 12.0. The summed E-state index contributed by atoms with van der Waals surface area (Å²) in [6, 6.07) is 4.09. The number of para-hydroxylation sites is 1. The highest BCUT2D eigenvalue weighted by Crippen LogP contribution is 2.29. The minimum absolute atomic E-state index is 0.0906. The Balaban J connectivity index is 2.71. The van der Waals surface area contributed by atoms with Crippen LogP contribution in [0.1, 0.15) is 6.92 Å². The molecule has 0 saturated carbocycles. The quantitative estimate of drug-likeness (QED) is 0.786. The standard InChI is InChI=1S/C14H19Cl2N3O3/c1-3-19(14(21)11(17)8-22-2)7-12(20)18-13-9(15)5-4-6-10(13)16/h4-6,11H,3,7-8,17H2,1-2H3,(H,18,20). The smallest absolute Gasteiger partial charge is 0.244 e. The number of amides is 2. The van der Waals surface area contributed by atoms with Crippen molar-refractivity contribution in [2.45, 2.75) is 13.0 Å². The Morgan fingerprint density at radius 2 is 1.95 bits per heavy atom. The second-order valence-electron chi connectivity index (χ2n) is 4.56. The normalized spacial score (nSPS) is 11.9. The lowest BCUT2D eigenvalue weighted by molar-refractivity contribution is -0.136. The summed E-state index contributed by atoms with van der Waals surface area (Å²) in [6.45, 7) is 2.05. The fourth-order valence-electron chi connectivity index (χ4n) is 1.80. The number of carbonyl (C=O) groups excluding carboxylic acids is 2. The molecule has 0 fully saturated rings. The molecule has 0 aromatic heterocycles. The van der Waals surface area contributed by atoms with Crippen LogP contribution < -0.4 is 11.1 Å². The molecule has 0 radical (unpaired) electrons. The average molecular weight is 348 g/mol. The van der Waals surface area contributed by atoms with E-state index in [9.17, 15) is 9.59 Å². The van der Waals surface area contributed by atoms with Gasteiger partial charge in [-0.1, -0.05) is 29.3 Å². The number of ether oxygens (including phenoxy) is 1. The van der Waals surface area contributed by atoms with Gasteiger partial charge in [0.05, 0.1) is 28.9 Å². The molecule has 8 heteroatoms. The van der Waals surface area contributed by atoms with Crippen molar-refractivity contribution in [3.8, 4) is 0 Å². The largest absolute Gasteiger partial charge is 0.383 e. The SMILES string of the molecule is CCN(CC(=O)Nc1c(Cl)cccc1Cl)C(=O)C(N)COC. The van der Waals surface area contributed by atoms with Crippen LogP contribution in [0.3, 0.4) is 0 Å². The minimum atomic E-state index is -0.804. The van der Waals surface area contributed by atoms with Crippen LogP contribution in [0, 0.1) is 0 Å². The summed E-state index contributed by atoms with van der Waals surface area (Å²) < 4.78 is 4.84. The Hall–Kier alpha value is -1.34. The predicted molar refractivity (Wildman–Crippen MR) is 87.2 cm³/mol. The van der Waals surface area contributed by atoms with Crippen molar-refractivity contribution in [2.75, 3.05) is 32.1 Å². The first kappa shape index (κ1) is 18.7. The van der Waals surface area contributed by atoms with E-state index in [1.54, 1.807) is 25.1 Å². The number of nitrogens with zero attached hydrogens (tertiary/aromatic N) is 1. The van der Waals surface area contributed by atoms with Crippen molar-refractivity contribution in [1.82, 2.24) is 4.90 Å². The van der Waals surface area contributed by atoms with E-state index in [-0.39, 0.29) is 19.1 Å². The number of likely N-dealkylation sites (N-methyl/N-ethyl adjacent to an activating group) is 1. The van der Waals surface area contributed by atoms with Crippen molar-refractivity contribution in [2.24, 2.45) is 5.73 Å². The average Bonchev–Trinajstić information content (AvgIpc) is 2.48. The van der Waals surface area contributed by atoms with Gasteiger partial charge in [0.2, 0.25) is 11.8 Å². The maximum Gasteiger partial charge on any atom is 0.244 e. The van der Waals surface area contributed by atoms with Crippen LogP contribution in [0.25, 0.3) is 0 Å². The molecular formula is C14H19Cl2N3O3. The Morgan fingerprint density at radius 1 is 1.36 bits per heavy atom. The second-order valence-corrected chi connectivity index (χ2v) is 5.37. The van der Waals surface area contributed by atoms with E-state index in [1.165, 1.54) is 12.0 Å². The van der Waals surface area contributed by atoms with E-state index >= 15 is 0 Å². The van der Waals surface area contributed by atoms with Crippen LogP contribution in [0.2, 0.25) is 10.0 Å². The molecular weight excluding hydrogens is 329 g/mol. The third-order valence-electron chi connectivity index (χ3n) is 2.92. The van der Waals surface area contributed by atoms with E-state index < -0.39 is 11.9 Å². The molecule has 122 valence electrons. The van der Waals surface area contributed by atoms with Gasteiger partial charge in [0.1, 0.15) is 6.04 Å². The van der Waals surface area contributed by atoms with Crippen LogP contribution in [0.15, 0.2) is 18.2 Å². The number of nitrogens with two attached hydrogens (primary N) is 1. The maximum absolute atomic E-state index is 12.1. The second kappa shape index (κ2) is 8.95. The molecule has 1 aromatic rings. The first-order valence-corrected chi connectivity index (χ1v) is 7.43. The zero-order chi connectivity index (χ0) is 16.7. The van der Waals surface area contributed by atoms with E-state index in [4.69, 9.17) is 33.7 Å². The maximum atomic E-state index is 12.1. The number of halogens is 2. The summed E-state index contributed by atoms with van der Waals surface area (Å²) in [5.41, 5.74) is 6.01. The third kappa shape index (κ3) is 5.14. The van der Waals surface area contributed by atoms with Crippen molar-refractivity contribution >= 4 is 40.7 Å². The summed E-state index contributed by atoms with van der Waals surface area (Å²) in [5.74, 6) is -0.764. The van der Waals surface area contributed by atoms with Gasteiger partial charge in [-0.15, -0.1) is 0 Å². The summed E-state index contributed by atoms with van der Waals surface area (Å²) in [4.78, 5) is 25.5. The molecule has 1 rings (SSSR count). The van der Waals surface area contributed by atoms with Gasteiger partial charge in [0.15, 0.2) is 0 Å². The highest BCUT2D eigenvalue weighted by atomic mass is 35.5. The van der Waals surface area contributed by atoms with Gasteiger partial charge in [0, 0.05) is 13.7 Å². The summed E-state index contributed by atoms with van der Waals surface area (Å²) in [6.07, 6.45) is 0. The molecule has 22 heavy (non-hydrogen) atoms. The highest BCUT2D eigenvalue weighted by molar-refractivity contribution is 6.39. The van der Waals surface area contributed by atoms with Gasteiger partial charge in [0.25, 0.3) is 0 Å². The topological polar surface area (TPSA) is 84.7 Å². The third-order valence-corrected chi connectivity index (χ3v) is 3.55. The first-order valence-electron chi connectivity index (χ1n) is 6.67. The molecule has 1 unspecified atom stereocenters. The van der Waals surface area contributed by atoms with E-state index in [0.717, 1.165) is 0 Å². The van der Waals surface area contributed by atoms with Crippen molar-refractivity contribution < 1.29 is 14.3 Å². The van der Waals surface area contributed by atoms with Gasteiger partial charge in [-0.2, -0.15) is 0 Å². The fourth-order valence-corrected chi connectivity index (χ4v) is 2.29. The molecule has 0 aliphatic heterocycles. The zero-order valence-corrected chi connectivity index (χ0v) is 13.9.